The Labute approximate surface area is 162 Å². The zero-order valence-corrected chi connectivity index (χ0v) is 16.0. The van der Waals surface area contributed by atoms with Crippen LogP contribution < -0.4 is 14.2 Å². The van der Waals surface area contributed by atoms with E-state index in [2.05, 4.69) is 9.71 Å². The first-order valence-electron chi connectivity index (χ1n) is 7.99. The van der Waals surface area contributed by atoms with Crippen molar-refractivity contribution in [2.75, 3.05) is 7.11 Å². The molecule has 0 radical (unpaired) electrons. The van der Waals surface area contributed by atoms with E-state index in [0.717, 1.165) is 5.56 Å². The van der Waals surface area contributed by atoms with Gasteiger partial charge in [-0.3, -0.25) is 0 Å². The van der Waals surface area contributed by atoms with Gasteiger partial charge in [-0.15, -0.1) is 0 Å². The van der Waals surface area contributed by atoms with Crippen LogP contribution in [-0.4, -0.2) is 20.5 Å². The summed E-state index contributed by atoms with van der Waals surface area (Å²) in [5.74, 6) is 1.24. The van der Waals surface area contributed by atoms with Crippen LogP contribution in [-0.2, 0) is 16.6 Å². The van der Waals surface area contributed by atoms with E-state index in [0.29, 0.717) is 16.7 Å². The fourth-order valence-electron chi connectivity index (χ4n) is 2.36. The molecule has 0 aliphatic carbocycles. The second-order valence-corrected chi connectivity index (χ2v) is 7.71. The number of halogens is 1. The van der Waals surface area contributed by atoms with Gasteiger partial charge in [-0.2, -0.15) is 0 Å². The van der Waals surface area contributed by atoms with Crippen molar-refractivity contribution in [1.29, 1.82) is 0 Å². The van der Waals surface area contributed by atoms with Crippen molar-refractivity contribution in [2.24, 2.45) is 0 Å². The Morgan fingerprint density at radius 1 is 1.07 bits per heavy atom. The van der Waals surface area contributed by atoms with Gasteiger partial charge in [-0.1, -0.05) is 29.8 Å². The van der Waals surface area contributed by atoms with Crippen molar-refractivity contribution in [3.05, 3.63) is 77.4 Å². The molecule has 0 bridgehead atoms. The van der Waals surface area contributed by atoms with E-state index in [9.17, 15) is 8.42 Å². The SMILES string of the molecule is COc1ccc(Cl)cc1S(=O)(=O)NCc1cccc(Oc2ccccn2)c1. The number of ether oxygens (including phenoxy) is 2. The second-order valence-electron chi connectivity index (χ2n) is 5.54. The van der Waals surface area contributed by atoms with Crippen LogP contribution in [0.4, 0.5) is 0 Å². The molecule has 0 unspecified atom stereocenters. The lowest BCUT2D eigenvalue weighted by Crippen LogP contribution is -2.23. The minimum atomic E-state index is -3.81. The van der Waals surface area contributed by atoms with Gasteiger partial charge in [0.05, 0.1) is 7.11 Å². The molecule has 6 nitrogen and oxygen atoms in total. The highest BCUT2D eigenvalue weighted by Crippen LogP contribution is 2.27. The minimum Gasteiger partial charge on any atom is -0.495 e. The van der Waals surface area contributed by atoms with E-state index in [1.54, 1.807) is 48.7 Å². The number of rotatable bonds is 7. The zero-order valence-electron chi connectivity index (χ0n) is 14.4. The van der Waals surface area contributed by atoms with Crippen LogP contribution in [0.25, 0.3) is 0 Å². The molecule has 3 aromatic rings. The van der Waals surface area contributed by atoms with Crippen LogP contribution in [0.5, 0.6) is 17.4 Å². The van der Waals surface area contributed by atoms with Gasteiger partial charge in [0.15, 0.2) is 0 Å². The third kappa shape index (κ3) is 4.97. The van der Waals surface area contributed by atoms with Gasteiger partial charge in [-0.25, -0.2) is 18.1 Å². The first-order chi connectivity index (χ1) is 13.0. The largest absolute Gasteiger partial charge is 0.495 e. The van der Waals surface area contributed by atoms with Crippen LogP contribution in [0.2, 0.25) is 5.02 Å². The smallest absolute Gasteiger partial charge is 0.244 e. The number of pyridine rings is 1. The molecule has 0 aliphatic rings. The molecule has 8 heteroatoms. The van der Waals surface area contributed by atoms with Crippen LogP contribution in [0.1, 0.15) is 5.56 Å². The Bertz CT molecular complexity index is 1030. The van der Waals surface area contributed by atoms with Gasteiger partial charge in [0.1, 0.15) is 16.4 Å². The van der Waals surface area contributed by atoms with Crippen LogP contribution in [0.15, 0.2) is 71.8 Å². The van der Waals surface area contributed by atoms with Crippen LogP contribution in [0.3, 0.4) is 0 Å². The lowest BCUT2D eigenvalue weighted by molar-refractivity contribution is 0.402. The number of nitrogens with zero attached hydrogens (tertiary/aromatic N) is 1. The summed E-state index contributed by atoms with van der Waals surface area (Å²) in [6.07, 6.45) is 1.63. The molecule has 140 valence electrons. The molecule has 0 spiro atoms. The first kappa shape index (κ1) is 19.2. The molecule has 0 fully saturated rings. The second kappa shape index (κ2) is 8.39. The molecule has 3 rings (SSSR count). The Morgan fingerprint density at radius 3 is 2.67 bits per heavy atom. The molecule has 27 heavy (non-hydrogen) atoms. The highest BCUT2D eigenvalue weighted by atomic mass is 35.5. The van der Waals surface area contributed by atoms with Gasteiger partial charge in [-0.05, 0) is 42.0 Å². The molecule has 0 saturated carbocycles. The van der Waals surface area contributed by atoms with Gasteiger partial charge in [0.25, 0.3) is 0 Å². The van der Waals surface area contributed by atoms with Crippen molar-refractivity contribution >= 4 is 21.6 Å². The van der Waals surface area contributed by atoms with Crippen molar-refractivity contribution in [1.82, 2.24) is 9.71 Å². The number of sulfonamides is 1. The third-order valence-corrected chi connectivity index (χ3v) is 5.30. The average molecular weight is 405 g/mol. The van der Waals surface area contributed by atoms with E-state index >= 15 is 0 Å². The van der Waals surface area contributed by atoms with E-state index in [1.165, 1.54) is 19.2 Å². The normalized spacial score (nSPS) is 11.2. The highest BCUT2D eigenvalue weighted by Gasteiger charge is 2.19. The summed E-state index contributed by atoms with van der Waals surface area (Å²) < 4.78 is 38.6. The standard InChI is InChI=1S/C19H17ClN2O4S/c1-25-17-9-8-15(20)12-18(17)27(23,24)22-13-14-5-4-6-16(11-14)26-19-7-2-3-10-21-19/h2-12,22H,13H2,1H3. The molecule has 0 atom stereocenters. The summed E-state index contributed by atoms with van der Waals surface area (Å²) >= 11 is 5.92. The van der Waals surface area contributed by atoms with Crippen molar-refractivity contribution < 1.29 is 17.9 Å². The van der Waals surface area contributed by atoms with Crippen LogP contribution in [0, 0.1) is 0 Å². The molecular formula is C19H17ClN2O4S. The summed E-state index contributed by atoms with van der Waals surface area (Å²) in [7, 11) is -2.40. The highest BCUT2D eigenvalue weighted by molar-refractivity contribution is 7.89. The summed E-state index contributed by atoms with van der Waals surface area (Å²) in [6.45, 7) is 0.0808. The monoisotopic (exact) mass is 404 g/mol. The Kier molecular flexibility index (Phi) is 5.95. The van der Waals surface area contributed by atoms with Crippen molar-refractivity contribution in [3.63, 3.8) is 0 Å². The minimum absolute atomic E-state index is 0.0154. The van der Waals surface area contributed by atoms with Gasteiger partial charge in [0.2, 0.25) is 15.9 Å². The predicted molar refractivity (Wildman–Crippen MR) is 103 cm³/mol. The third-order valence-electron chi connectivity index (χ3n) is 3.64. The lowest BCUT2D eigenvalue weighted by atomic mass is 10.2. The number of hydrogen-bond donors (Lipinski definition) is 1. The van der Waals surface area contributed by atoms with Crippen molar-refractivity contribution in [3.8, 4) is 17.4 Å². The molecule has 1 aromatic heterocycles. The molecule has 0 aliphatic heterocycles. The lowest BCUT2D eigenvalue weighted by Gasteiger charge is -2.12. The first-order valence-corrected chi connectivity index (χ1v) is 9.85. The fourth-order valence-corrected chi connectivity index (χ4v) is 3.81. The number of nitrogens with one attached hydrogen (secondary N) is 1. The van der Waals surface area contributed by atoms with E-state index in [-0.39, 0.29) is 17.2 Å². The summed E-state index contributed by atoms with van der Waals surface area (Å²) in [4.78, 5) is 4.08. The topological polar surface area (TPSA) is 77.5 Å². The fraction of sp³-hybridized carbons (Fsp3) is 0.105. The number of hydrogen-bond acceptors (Lipinski definition) is 5. The number of aromatic nitrogens is 1. The van der Waals surface area contributed by atoms with Gasteiger partial charge < -0.3 is 9.47 Å². The van der Waals surface area contributed by atoms with Gasteiger partial charge >= 0.3 is 0 Å². The average Bonchev–Trinajstić information content (AvgIpc) is 2.67. The molecule has 1 N–H and O–H groups in total. The number of methoxy groups -OCH3 is 1. The van der Waals surface area contributed by atoms with E-state index < -0.39 is 10.0 Å². The van der Waals surface area contributed by atoms with Crippen LogP contribution >= 0.6 is 11.6 Å². The van der Waals surface area contributed by atoms with Crippen molar-refractivity contribution in [2.45, 2.75) is 11.4 Å². The number of benzene rings is 2. The summed E-state index contributed by atoms with van der Waals surface area (Å²) in [5.41, 5.74) is 0.730. The Morgan fingerprint density at radius 2 is 1.93 bits per heavy atom. The maximum absolute atomic E-state index is 12.6. The molecule has 0 saturated heterocycles. The van der Waals surface area contributed by atoms with Gasteiger partial charge in [0, 0.05) is 23.8 Å². The maximum Gasteiger partial charge on any atom is 0.244 e. The molecule has 0 amide bonds. The zero-order chi connectivity index (χ0) is 19.3. The van der Waals surface area contributed by atoms with E-state index in [4.69, 9.17) is 21.1 Å². The molecule has 2 aromatic carbocycles. The summed E-state index contributed by atoms with van der Waals surface area (Å²) in [6, 6.07) is 16.9. The summed E-state index contributed by atoms with van der Waals surface area (Å²) in [5, 5.41) is 0.307. The maximum atomic E-state index is 12.6. The Hall–Kier alpha value is -2.61. The van der Waals surface area contributed by atoms with E-state index in [1.807, 2.05) is 6.07 Å². The molecule has 1 heterocycles. The molecular weight excluding hydrogens is 388 g/mol. The predicted octanol–water partition coefficient (Wildman–Crippen LogP) is 4.01. The Balaban J connectivity index is 1.75. The quantitative estimate of drug-likeness (QED) is 0.643.